The number of fused-ring (bicyclic) bond motifs is 1. The summed E-state index contributed by atoms with van der Waals surface area (Å²) < 4.78 is 0. The molecule has 0 spiro atoms. The van der Waals surface area contributed by atoms with Crippen molar-refractivity contribution in [3.05, 3.63) is 75.5 Å². The van der Waals surface area contributed by atoms with Crippen LogP contribution in [-0.2, 0) is 11.2 Å². The number of hydrogen-bond acceptors (Lipinski definition) is 6. The van der Waals surface area contributed by atoms with E-state index in [0.717, 1.165) is 38.5 Å². The van der Waals surface area contributed by atoms with Gasteiger partial charge in [-0.05, 0) is 54.8 Å². The number of thiazole rings is 1. The molecule has 4 rings (SSSR count). The van der Waals surface area contributed by atoms with Gasteiger partial charge in [-0.2, -0.15) is 0 Å². The third-order valence-corrected chi connectivity index (χ3v) is 7.33. The molecular weight excluding hydrogens is 460 g/mol. The van der Waals surface area contributed by atoms with Crippen LogP contribution < -0.4 is 5.32 Å². The van der Waals surface area contributed by atoms with Crippen LogP contribution in [0.4, 0.5) is 5.13 Å². The first-order valence-electron chi connectivity index (χ1n) is 10.3. The Hall–Kier alpha value is -2.48. The van der Waals surface area contributed by atoms with E-state index >= 15 is 0 Å². The molecule has 0 aliphatic carbocycles. The third-order valence-electron chi connectivity index (χ3n) is 4.96. The fourth-order valence-corrected chi connectivity index (χ4v) is 5.47. The number of carbonyl (C=O) groups excluding carboxylic acids is 1. The predicted molar refractivity (Wildman–Crippen MR) is 134 cm³/mol. The Balaban J connectivity index is 1.45. The van der Waals surface area contributed by atoms with Crippen LogP contribution in [0.3, 0.4) is 0 Å². The molecule has 2 aromatic carbocycles. The van der Waals surface area contributed by atoms with Crippen molar-refractivity contribution in [1.82, 2.24) is 15.0 Å². The minimum Gasteiger partial charge on any atom is -0.301 e. The molecule has 0 fully saturated rings. The molecule has 2 heterocycles. The summed E-state index contributed by atoms with van der Waals surface area (Å²) in [5, 5.41) is 6.91. The van der Waals surface area contributed by atoms with E-state index in [0.29, 0.717) is 16.7 Å². The summed E-state index contributed by atoms with van der Waals surface area (Å²) in [6, 6.07) is 14.1. The van der Waals surface area contributed by atoms with Gasteiger partial charge in [0, 0.05) is 33.9 Å². The van der Waals surface area contributed by atoms with Crippen LogP contribution in [-0.4, -0.2) is 26.1 Å². The SMILES string of the molecule is CCC(Sc1nc(C)cc(C)n1)C(=O)Nc1ncc(Cc2cccc3ccc(Cl)cc23)s1. The number of hydrogen-bond donors (Lipinski definition) is 1. The molecule has 4 aromatic rings. The molecule has 0 saturated heterocycles. The van der Waals surface area contributed by atoms with Crippen molar-refractivity contribution in [3.63, 3.8) is 0 Å². The first-order chi connectivity index (χ1) is 15.4. The van der Waals surface area contributed by atoms with Crippen molar-refractivity contribution >= 4 is 56.5 Å². The lowest BCUT2D eigenvalue weighted by atomic mass is 10.0. The van der Waals surface area contributed by atoms with Crippen molar-refractivity contribution < 1.29 is 4.79 Å². The zero-order valence-corrected chi connectivity index (χ0v) is 20.4. The molecule has 0 bridgehead atoms. The average Bonchev–Trinajstić information content (AvgIpc) is 3.18. The number of nitrogens with one attached hydrogen (secondary N) is 1. The molecule has 1 atom stereocenters. The fourth-order valence-electron chi connectivity index (χ4n) is 3.48. The average molecular weight is 483 g/mol. The van der Waals surface area contributed by atoms with Gasteiger partial charge in [-0.25, -0.2) is 15.0 Å². The van der Waals surface area contributed by atoms with E-state index in [1.807, 2.05) is 57.3 Å². The molecule has 0 radical (unpaired) electrons. The summed E-state index contributed by atoms with van der Waals surface area (Å²) in [4.78, 5) is 27.2. The second-order valence-electron chi connectivity index (χ2n) is 7.53. The predicted octanol–water partition coefficient (Wildman–Crippen LogP) is 6.46. The van der Waals surface area contributed by atoms with Gasteiger partial charge >= 0.3 is 0 Å². The summed E-state index contributed by atoms with van der Waals surface area (Å²) in [7, 11) is 0. The monoisotopic (exact) mass is 482 g/mol. The third kappa shape index (κ3) is 5.46. The highest BCUT2D eigenvalue weighted by molar-refractivity contribution is 8.00. The Kier molecular flexibility index (Phi) is 7.08. The van der Waals surface area contributed by atoms with E-state index in [9.17, 15) is 4.79 Å². The number of carbonyl (C=O) groups is 1. The number of benzene rings is 2. The molecule has 1 amide bonds. The van der Waals surface area contributed by atoms with Crippen LogP contribution >= 0.6 is 34.7 Å². The molecule has 1 N–H and O–H groups in total. The maximum Gasteiger partial charge on any atom is 0.239 e. The number of halogens is 1. The number of rotatable bonds is 7. The van der Waals surface area contributed by atoms with E-state index in [2.05, 4.69) is 32.4 Å². The summed E-state index contributed by atoms with van der Waals surface area (Å²) in [5.74, 6) is -0.0851. The molecule has 164 valence electrons. The van der Waals surface area contributed by atoms with Crippen LogP contribution in [0.25, 0.3) is 10.8 Å². The molecule has 0 saturated carbocycles. The van der Waals surface area contributed by atoms with Gasteiger partial charge in [0.05, 0.1) is 5.25 Å². The first-order valence-corrected chi connectivity index (χ1v) is 12.4. The normalized spacial score (nSPS) is 12.1. The number of amides is 1. The molecule has 8 heteroatoms. The maximum absolute atomic E-state index is 12.9. The summed E-state index contributed by atoms with van der Waals surface area (Å²) in [6.07, 6.45) is 3.22. The van der Waals surface area contributed by atoms with Gasteiger partial charge in [-0.15, -0.1) is 11.3 Å². The molecule has 0 aliphatic heterocycles. The second kappa shape index (κ2) is 9.98. The Morgan fingerprint density at radius 3 is 2.69 bits per heavy atom. The molecule has 2 aromatic heterocycles. The lowest BCUT2D eigenvalue weighted by Crippen LogP contribution is -2.24. The Morgan fingerprint density at radius 1 is 1.16 bits per heavy atom. The van der Waals surface area contributed by atoms with Gasteiger partial charge in [0.25, 0.3) is 0 Å². The van der Waals surface area contributed by atoms with Crippen LogP contribution in [0.15, 0.2) is 53.8 Å². The fraction of sp³-hybridized carbons (Fsp3) is 0.250. The highest BCUT2D eigenvalue weighted by atomic mass is 35.5. The smallest absolute Gasteiger partial charge is 0.239 e. The molecule has 32 heavy (non-hydrogen) atoms. The lowest BCUT2D eigenvalue weighted by molar-refractivity contribution is -0.115. The van der Waals surface area contributed by atoms with Gasteiger partial charge in [-0.1, -0.05) is 54.6 Å². The molecule has 5 nitrogen and oxygen atoms in total. The minimum atomic E-state index is -0.288. The van der Waals surface area contributed by atoms with Crippen LogP contribution in [0.1, 0.15) is 35.2 Å². The quantitative estimate of drug-likeness (QED) is 0.242. The standard InChI is InChI=1S/C24H23ClN4OS2/c1-4-21(32-24-27-14(2)10-15(3)28-24)22(30)29-23-26-13-19(31-23)11-17-7-5-6-16-8-9-18(25)12-20(16)17/h5-10,12-13,21H,4,11H2,1-3H3,(H,26,29,30). The number of nitrogens with zero attached hydrogens (tertiary/aromatic N) is 3. The number of thioether (sulfide) groups is 1. The highest BCUT2D eigenvalue weighted by Crippen LogP contribution is 2.29. The van der Waals surface area contributed by atoms with Gasteiger partial charge in [0.1, 0.15) is 0 Å². The van der Waals surface area contributed by atoms with Gasteiger partial charge in [0.15, 0.2) is 10.3 Å². The Morgan fingerprint density at radius 2 is 1.94 bits per heavy atom. The number of anilines is 1. The molecule has 0 aliphatic rings. The van der Waals surface area contributed by atoms with Crippen molar-refractivity contribution in [2.45, 2.75) is 44.0 Å². The van der Waals surface area contributed by atoms with Crippen LogP contribution in [0.2, 0.25) is 5.02 Å². The zero-order valence-electron chi connectivity index (χ0n) is 18.1. The van der Waals surface area contributed by atoms with Crippen molar-refractivity contribution in [2.24, 2.45) is 0 Å². The minimum absolute atomic E-state index is 0.0851. The summed E-state index contributed by atoms with van der Waals surface area (Å²) in [6.45, 7) is 5.85. The largest absolute Gasteiger partial charge is 0.301 e. The van der Waals surface area contributed by atoms with Gasteiger partial charge in [-0.3, -0.25) is 4.79 Å². The topological polar surface area (TPSA) is 67.8 Å². The van der Waals surface area contributed by atoms with Crippen LogP contribution in [0.5, 0.6) is 0 Å². The Labute approximate surface area is 200 Å². The van der Waals surface area contributed by atoms with Gasteiger partial charge < -0.3 is 5.32 Å². The van der Waals surface area contributed by atoms with Crippen molar-refractivity contribution in [1.29, 1.82) is 0 Å². The Bertz CT molecular complexity index is 1250. The van der Waals surface area contributed by atoms with Crippen molar-refractivity contribution in [3.8, 4) is 0 Å². The first kappa shape index (κ1) is 22.7. The maximum atomic E-state index is 12.9. The highest BCUT2D eigenvalue weighted by Gasteiger charge is 2.21. The van der Waals surface area contributed by atoms with E-state index < -0.39 is 0 Å². The van der Waals surface area contributed by atoms with E-state index in [4.69, 9.17) is 11.6 Å². The van der Waals surface area contributed by atoms with E-state index in [1.165, 1.54) is 28.7 Å². The van der Waals surface area contributed by atoms with E-state index in [-0.39, 0.29) is 11.2 Å². The number of aromatic nitrogens is 3. The van der Waals surface area contributed by atoms with Crippen molar-refractivity contribution in [2.75, 3.05) is 5.32 Å². The van der Waals surface area contributed by atoms with Gasteiger partial charge in [0.2, 0.25) is 5.91 Å². The summed E-state index contributed by atoms with van der Waals surface area (Å²) >= 11 is 9.08. The number of aryl methyl sites for hydroxylation is 2. The summed E-state index contributed by atoms with van der Waals surface area (Å²) in [5.41, 5.74) is 2.98. The van der Waals surface area contributed by atoms with Crippen LogP contribution in [0, 0.1) is 13.8 Å². The molecular formula is C24H23ClN4OS2. The second-order valence-corrected chi connectivity index (χ2v) is 10.2. The lowest BCUT2D eigenvalue weighted by Gasteiger charge is -2.13. The van der Waals surface area contributed by atoms with E-state index in [1.54, 1.807) is 0 Å². The molecule has 1 unspecified atom stereocenters. The zero-order chi connectivity index (χ0) is 22.7.